The Labute approximate surface area is 114 Å². The first-order valence-corrected chi connectivity index (χ1v) is 7.31. The molecule has 3 nitrogen and oxygen atoms in total. The van der Waals surface area contributed by atoms with Crippen LogP contribution in [0.1, 0.15) is 25.0 Å². The average molecular weight is 291 g/mol. The lowest BCUT2D eigenvalue weighted by atomic mass is 10.2. The van der Waals surface area contributed by atoms with Gasteiger partial charge in [-0.25, -0.2) is 4.98 Å². The number of nitrogens with one attached hydrogen (secondary N) is 1. The van der Waals surface area contributed by atoms with Crippen LogP contribution >= 0.6 is 11.8 Å². The van der Waals surface area contributed by atoms with Crippen LogP contribution in [0.15, 0.2) is 12.3 Å². The zero-order chi connectivity index (χ0) is 14.0. The van der Waals surface area contributed by atoms with Gasteiger partial charge in [0.25, 0.3) is 0 Å². The van der Waals surface area contributed by atoms with E-state index in [4.69, 9.17) is 5.73 Å². The van der Waals surface area contributed by atoms with E-state index in [2.05, 4.69) is 16.6 Å². The molecule has 2 atom stereocenters. The third kappa shape index (κ3) is 3.46. The van der Waals surface area contributed by atoms with Gasteiger partial charge in [-0.3, -0.25) is 0 Å². The van der Waals surface area contributed by atoms with Crippen molar-refractivity contribution >= 4 is 23.1 Å². The molecule has 0 bridgehead atoms. The Morgan fingerprint density at radius 2 is 2.16 bits per heavy atom. The molecule has 0 radical (unpaired) electrons. The summed E-state index contributed by atoms with van der Waals surface area (Å²) < 4.78 is 37.8. The van der Waals surface area contributed by atoms with Crippen molar-refractivity contribution in [3.63, 3.8) is 0 Å². The highest BCUT2D eigenvalue weighted by atomic mass is 32.2. The number of nitrogens with two attached hydrogens (primary N) is 1. The van der Waals surface area contributed by atoms with Gasteiger partial charge in [0, 0.05) is 11.3 Å². The zero-order valence-corrected chi connectivity index (χ0v) is 11.3. The first-order valence-electron chi connectivity index (χ1n) is 6.02. The maximum absolute atomic E-state index is 12.6. The fraction of sp³-hybridized carbons (Fsp3) is 0.583. The van der Waals surface area contributed by atoms with Crippen LogP contribution in [0.5, 0.6) is 0 Å². The molecule has 0 saturated heterocycles. The van der Waals surface area contributed by atoms with E-state index in [-0.39, 0.29) is 11.7 Å². The molecule has 1 aromatic heterocycles. The molecular formula is C12H16F3N3S. The number of anilines is 2. The molecule has 0 amide bonds. The van der Waals surface area contributed by atoms with Gasteiger partial charge in [-0.05, 0) is 31.6 Å². The summed E-state index contributed by atoms with van der Waals surface area (Å²) in [4.78, 5) is 3.32. The number of pyridine rings is 1. The quantitative estimate of drug-likeness (QED) is 0.896. The molecule has 0 aromatic carbocycles. The molecule has 1 aromatic rings. The third-order valence-corrected chi connectivity index (χ3v) is 4.40. The summed E-state index contributed by atoms with van der Waals surface area (Å²) in [5.41, 5.74) is 5.35. The number of hydrogen-bond acceptors (Lipinski definition) is 4. The molecule has 19 heavy (non-hydrogen) atoms. The number of thioether (sulfide) groups is 1. The van der Waals surface area contributed by atoms with Crippen LogP contribution in [0, 0.1) is 0 Å². The van der Waals surface area contributed by atoms with Gasteiger partial charge < -0.3 is 11.1 Å². The summed E-state index contributed by atoms with van der Waals surface area (Å²) in [7, 11) is 0. The summed E-state index contributed by atoms with van der Waals surface area (Å²) in [6.07, 6.45) is 1.65. The van der Waals surface area contributed by atoms with Crippen molar-refractivity contribution in [1.82, 2.24) is 4.98 Å². The molecule has 1 heterocycles. The highest BCUT2D eigenvalue weighted by Gasteiger charge is 2.33. The van der Waals surface area contributed by atoms with Crippen molar-refractivity contribution in [2.75, 3.05) is 17.3 Å². The number of rotatable bonds is 3. The molecule has 0 aliphatic heterocycles. The Kier molecular flexibility index (Phi) is 4.13. The summed E-state index contributed by atoms with van der Waals surface area (Å²) in [5, 5.41) is 3.68. The van der Waals surface area contributed by atoms with Crippen LogP contribution in [0.3, 0.4) is 0 Å². The number of aromatic nitrogens is 1. The lowest BCUT2D eigenvalue weighted by molar-refractivity contribution is -0.141. The van der Waals surface area contributed by atoms with Gasteiger partial charge in [0.1, 0.15) is 5.69 Å². The maximum Gasteiger partial charge on any atom is 0.433 e. The van der Waals surface area contributed by atoms with Gasteiger partial charge >= 0.3 is 6.18 Å². The number of nitrogens with zero attached hydrogens (tertiary/aromatic N) is 1. The van der Waals surface area contributed by atoms with Crippen LogP contribution in [0.4, 0.5) is 24.5 Å². The highest BCUT2D eigenvalue weighted by molar-refractivity contribution is 7.99. The summed E-state index contributed by atoms with van der Waals surface area (Å²) in [6.45, 7) is 0. The smallest absolute Gasteiger partial charge is 0.396 e. The van der Waals surface area contributed by atoms with E-state index in [0.29, 0.717) is 10.9 Å². The molecule has 1 aliphatic carbocycles. The summed E-state index contributed by atoms with van der Waals surface area (Å²) in [6, 6.07) is 1.17. The van der Waals surface area contributed by atoms with E-state index in [1.54, 1.807) is 11.8 Å². The zero-order valence-electron chi connectivity index (χ0n) is 10.5. The monoisotopic (exact) mass is 291 g/mol. The Morgan fingerprint density at radius 3 is 2.74 bits per heavy atom. The van der Waals surface area contributed by atoms with E-state index in [0.717, 1.165) is 31.5 Å². The van der Waals surface area contributed by atoms with Gasteiger partial charge in [0.05, 0.1) is 17.6 Å². The molecule has 3 N–H and O–H groups in total. The molecule has 106 valence electrons. The lowest BCUT2D eigenvalue weighted by Gasteiger charge is -2.17. The van der Waals surface area contributed by atoms with Crippen molar-refractivity contribution in [3.8, 4) is 0 Å². The molecule has 2 rings (SSSR count). The molecule has 2 unspecified atom stereocenters. The molecule has 1 aliphatic rings. The van der Waals surface area contributed by atoms with Crippen LogP contribution in [0.2, 0.25) is 0 Å². The van der Waals surface area contributed by atoms with Crippen molar-refractivity contribution in [2.45, 2.75) is 36.7 Å². The van der Waals surface area contributed by atoms with E-state index < -0.39 is 11.9 Å². The Hall–Kier alpha value is -1.11. The van der Waals surface area contributed by atoms with E-state index in [9.17, 15) is 13.2 Å². The summed E-state index contributed by atoms with van der Waals surface area (Å²) >= 11 is 1.79. The normalized spacial score (nSPS) is 23.6. The largest absolute Gasteiger partial charge is 0.433 e. The molecule has 0 spiro atoms. The van der Waals surface area contributed by atoms with Gasteiger partial charge in [0.2, 0.25) is 0 Å². The van der Waals surface area contributed by atoms with E-state index in [1.807, 2.05) is 0 Å². The minimum atomic E-state index is -4.44. The van der Waals surface area contributed by atoms with Crippen LogP contribution in [-0.4, -0.2) is 22.5 Å². The van der Waals surface area contributed by atoms with Crippen LogP contribution in [0.25, 0.3) is 0 Å². The number of halogens is 3. The maximum atomic E-state index is 12.6. The number of nitrogen functional groups attached to an aromatic ring is 1. The topological polar surface area (TPSA) is 50.9 Å². The minimum Gasteiger partial charge on any atom is -0.396 e. The van der Waals surface area contributed by atoms with Gasteiger partial charge in [-0.15, -0.1) is 0 Å². The molecule has 1 saturated carbocycles. The lowest BCUT2D eigenvalue weighted by Crippen LogP contribution is -2.18. The van der Waals surface area contributed by atoms with Crippen molar-refractivity contribution in [3.05, 3.63) is 18.0 Å². The molecule has 7 heteroatoms. The standard InChI is InChI=1S/C12H16F3N3S/c1-19-8-3-2-7(4-8)18-10-5-11(12(13,14)15)17-6-9(10)16/h5-8H,2-4,16H2,1H3,(H,17,18). The SMILES string of the molecule is CSC1CCC(Nc2cc(C(F)(F)F)ncc2N)C1. The third-order valence-electron chi connectivity index (χ3n) is 3.30. The molecule has 1 fully saturated rings. The second-order valence-corrected chi connectivity index (χ2v) is 5.80. The number of alkyl halides is 3. The summed E-state index contributed by atoms with van der Waals surface area (Å²) in [5.74, 6) is 0. The number of hydrogen-bond donors (Lipinski definition) is 2. The fourth-order valence-electron chi connectivity index (χ4n) is 2.25. The Bertz CT molecular complexity index is 450. The first kappa shape index (κ1) is 14.3. The predicted molar refractivity (Wildman–Crippen MR) is 72.2 cm³/mol. The minimum absolute atomic E-state index is 0.184. The van der Waals surface area contributed by atoms with Crippen LogP contribution in [-0.2, 0) is 6.18 Å². The van der Waals surface area contributed by atoms with Crippen molar-refractivity contribution in [2.24, 2.45) is 0 Å². The fourth-order valence-corrected chi connectivity index (χ4v) is 3.05. The predicted octanol–water partition coefficient (Wildman–Crippen LogP) is 3.38. The highest BCUT2D eigenvalue weighted by Crippen LogP contribution is 2.34. The van der Waals surface area contributed by atoms with Gasteiger partial charge in [-0.2, -0.15) is 24.9 Å². The molecular weight excluding hydrogens is 275 g/mol. The second kappa shape index (κ2) is 5.48. The van der Waals surface area contributed by atoms with Crippen LogP contribution < -0.4 is 11.1 Å². The Balaban J connectivity index is 2.12. The van der Waals surface area contributed by atoms with E-state index in [1.165, 1.54) is 0 Å². The van der Waals surface area contributed by atoms with Gasteiger partial charge in [0.15, 0.2) is 0 Å². The Morgan fingerprint density at radius 1 is 1.42 bits per heavy atom. The van der Waals surface area contributed by atoms with Crippen molar-refractivity contribution < 1.29 is 13.2 Å². The van der Waals surface area contributed by atoms with Gasteiger partial charge in [-0.1, -0.05) is 0 Å². The second-order valence-electron chi connectivity index (χ2n) is 4.67. The van der Waals surface area contributed by atoms with Crippen molar-refractivity contribution in [1.29, 1.82) is 0 Å². The average Bonchev–Trinajstić information content (AvgIpc) is 2.78. The first-order chi connectivity index (χ1) is 8.90. The van der Waals surface area contributed by atoms with E-state index >= 15 is 0 Å².